The quantitative estimate of drug-likeness (QED) is 0.183. The van der Waals surface area contributed by atoms with Crippen LogP contribution in [0.5, 0.6) is 11.5 Å². The Kier molecular flexibility index (Phi) is 5.30. The second-order valence-electron chi connectivity index (χ2n) is 4.74. The number of carbonyl (C=O) groups is 2. The number of nitrogens with one attached hydrogen (secondary N) is 3. The fraction of sp³-hybridized carbons (Fsp3) is 0. The lowest BCUT2D eigenvalue weighted by atomic mass is 10.2. The maximum Gasteiger partial charge on any atom is 0.277 e. The Bertz CT molecular complexity index is 798. The van der Waals surface area contributed by atoms with E-state index in [1.807, 2.05) is 0 Å². The fourth-order valence-electron chi connectivity index (χ4n) is 1.74. The molecule has 0 saturated heterocycles. The van der Waals surface area contributed by atoms with Crippen LogP contribution < -0.4 is 10.6 Å². The lowest BCUT2D eigenvalue weighted by molar-refractivity contribution is -0.113. The molecule has 24 heavy (non-hydrogen) atoms. The number of phenols is 2. The predicted octanol–water partition coefficient (Wildman–Crippen LogP) is 2.25. The molecule has 122 valence electrons. The number of allylic oxidation sites excluding steroid dienone is 1. The molecule has 0 aliphatic heterocycles. The molecule has 2 aromatic carbocycles. The van der Waals surface area contributed by atoms with Crippen molar-refractivity contribution in [1.82, 2.24) is 0 Å². The Labute approximate surface area is 137 Å². The van der Waals surface area contributed by atoms with Gasteiger partial charge in [0.15, 0.2) is 5.71 Å². The number of ketones is 1. The van der Waals surface area contributed by atoms with Crippen LogP contribution in [0.1, 0.15) is 0 Å². The van der Waals surface area contributed by atoms with Gasteiger partial charge in [-0.05, 0) is 36.4 Å². The second-order valence-corrected chi connectivity index (χ2v) is 4.74. The second kappa shape index (κ2) is 7.59. The van der Waals surface area contributed by atoms with Gasteiger partial charge in [0.05, 0.1) is 5.69 Å². The van der Waals surface area contributed by atoms with Gasteiger partial charge in [-0.15, -0.1) is 0 Å². The highest BCUT2D eigenvalue weighted by Gasteiger charge is 2.16. The number of benzene rings is 2. The van der Waals surface area contributed by atoms with Crippen LogP contribution >= 0.6 is 0 Å². The van der Waals surface area contributed by atoms with Crippen molar-refractivity contribution in [3.8, 4) is 11.5 Å². The average molecular weight is 325 g/mol. The van der Waals surface area contributed by atoms with E-state index in [9.17, 15) is 14.7 Å². The van der Waals surface area contributed by atoms with Gasteiger partial charge < -0.3 is 20.8 Å². The molecule has 0 atom stereocenters. The Morgan fingerprint density at radius 1 is 1.00 bits per heavy atom. The molecule has 0 unspecified atom stereocenters. The van der Waals surface area contributed by atoms with E-state index in [4.69, 9.17) is 10.5 Å². The molecule has 0 aliphatic rings. The summed E-state index contributed by atoms with van der Waals surface area (Å²) in [6.45, 7) is 0. The van der Waals surface area contributed by atoms with Crippen molar-refractivity contribution in [2.75, 3.05) is 10.6 Å². The number of rotatable bonds is 6. The summed E-state index contributed by atoms with van der Waals surface area (Å²) < 4.78 is 0. The van der Waals surface area contributed by atoms with Gasteiger partial charge in [-0.3, -0.25) is 15.0 Å². The summed E-state index contributed by atoms with van der Waals surface area (Å²) >= 11 is 0. The first-order chi connectivity index (χ1) is 11.5. The summed E-state index contributed by atoms with van der Waals surface area (Å²) in [5.41, 5.74) is 0.00620. The van der Waals surface area contributed by atoms with Crippen molar-refractivity contribution in [2.45, 2.75) is 0 Å². The SMILES string of the molecule is N=C(C(=O)/C=C\Nc1ccccc1O)C(=O)Nc1ccc(O)cc1. The normalized spacial score (nSPS) is 10.3. The third kappa shape index (κ3) is 4.44. The zero-order valence-electron chi connectivity index (χ0n) is 12.5. The standard InChI is InChI=1S/C17H15N3O4/c18-16(17(24)20-11-5-7-12(21)8-6-11)15(23)9-10-19-13-3-1-2-4-14(13)22/h1-10,18-19,21-22H,(H,20,24)/b10-9-,18-16?. The molecule has 0 aliphatic carbocycles. The minimum Gasteiger partial charge on any atom is -0.508 e. The average Bonchev–Trinajstić information content (AvgIpc) is 2.57. The lowest BCUT2D eigenvalue weighted by Gasteiger charge is -2.05. The molecule has 0 heterocycles. The Morgan fingerprint density at radius 3 is 2.33 bits per heavy atom. The van der Waals surface area contributed by atoms with Crippen molar-refractivity contribution < 1.29 is 19.8 Å². The minimum atomic E-state index is -0.863. The van der Waals surface area contributed by atoms with Gasteiger partial charge in [-0.1, -0.05) is 12.1 Å². The summed E-state index contributed by atoms with van der Waals surface area (Å²) in [7, 11) is 0. The molecule has 2 aromatic rings. The van der Waals surface area contributed by atoms with E-state index in [0.717, 1.165) is 6.08 Å². The van der Waals surface area contributed by atoms with Crippen LogP contribution in [0.3, 0.4) is 0 Å². The molecule has 7 heteroatoms. The van der Waals surface area contributed by atoms with Crippen molar-refractivity contribution in [3.63, 3.8) is 0 Å². The summed E-state index contributed by atoms with van der Waals surface area (Å²) in [5, 5.41) is 31.3. The molecule has 0 fully saturated rings. The van der Waals surface area contributed by atoms with Gasteiger partial charge in [0.25, 0.3) is 5.91 Å². The third-order valence-corrected chi connectivity index (χ3v) is 2.98. The maximum atomic E-state index is 11.8. The highest BCUT2D eigenvalue weighted by molar-refractivity contribution is 6.68. The lowest BCUT2D eigenvalue weighted by Crippen LogP contribution is -2.28. The molecule has 0 radical (unpaired) electrons. The number of aromatic hydroxyl groups is 2. The van der Waals surface area contributed by atoms with Crippen LogP contribution in [0.15, 0.2) is 60.8 Å². The monoisotopic (exact) mass is 325 g/mol. The number of hydrogen-bond donors (Lipinski definition) is 5. The zero-order valence-corrected chi connectivity index (χ0v) is 12.5. The van der Waals surface area contributed by atoms with Gasteiger partial charge >= 0.3 is 0 Å². The maximum absolute atomic E-state index is 11.8. The smallest absolute Gasteiger partial charge is 0.277 e. The topological polar surface area (TPSA) is 123 Å². The first kappa shape index (κ1) is 16.8. The number of anilines is 2. The number of carbonyl (C=O) groups excluding carboxylic acids is 2. The molecule has 7 nitrogen and oxygen atoms in total. The van der Waals surface area contributed by atoms with Crippen molar-refractivity contribution in [1.29, 1.82) is 5.41 Å². The van der Waals surface area contributed by atoms with Crippen molar-refractivity contribution in [2.24, 2.45) is 0 Å². The molecule has 0 bridgehead atoms. The van der Waals surface area contributed by atoms with E-state index < -0.39 is 17.4 Å². The van der Waals surface area contributed by atoms with Crippen LogP contribution in [-0.2, 0) is 9.59 Å². The number of para-hydroxylation sites is 2. The van der Waals surface area contributed by atoms with Gasteiger partial charge in [-0.25, -0.2) is 0 Å². The Hall–Kier alpha value is -3.61. The van der Waals surface area contributed by atoms with Crippen LogP contribution in [-0.4, -0.2) is 27.6 Å². The highest BCUT2D eigenvalue weighted by Crippen LogP contribution is 2.21. The van der Waals surface area contributed by atoms with E-state index in [1.54, 1.807) is 18.2 Å². The largest absolute Gasteiger partial charge is 0.508 e. The van der Waals surface area contributed by atoms with Crippen LogP contribution in [0.2, 0.25) is 0 Å². The Morgan fingerprint density at radius 2 is 1.67 bits per heavy atom. The number of hydrogen-bond acceptors (Lipinski definition) is 6. The van der Waals surface area contributed by atoms with Gasteiger partial charge in [0.1, 0.15) is 11.5 Å². The van der Waals surface area contributed by atoms with Gasteiger partial charge in [0, 0.05) is 18.0 Å². The molecule has 0 saturated carbocycles. The first-order valence-corrected chi connectivity index (χ1v) is 6.91. The van der Waals surface area contributed by atoms with E-state index in [2.05, 4.69) is 10.6 Å². The Balaban J connectivity index is 1.92. The summed E-state index contributed by atoms with van der Waals surface area (Å²) in [6.07, 6.45) is 2.25. The number of phenolic OH excluding ortho intramolecular Hbond substituents is 2. The molecule has 0 aromatic heterocycles. The fourth-order valence-corrected chi connectivity index (χ4v) is 1.74. The minimum absolute atomic E-state index is 0.00903. The zero-order chi connectivity index (χ0) is 17.5. The summed E-state index contributed by atoms with van der Waals surface area (Å²) in [4.78, 5) is 23.6. The van der Waals surface area contributed by atoms with Gasteiger partial charge in [0.2, 0.25) is 5.78 Å². The van der Waals surface area contributed by atoms with E-state index >= 15 is 0 Å². The predicted molar refractivity (Wildman–Crippen MR) is 90.3 cm³/mol. The van der Waals surface area contributed by atoms with E-state index in [-0.39, 0.29) is 11.5 Å². The van der Waals surface area contributed by atoms with Gasteiger partial charge in [-0.2, -0.15) is 0 Å². The summed E-state index contributed by atoms with van der Waals surface area (Å²) in [6, 6.07) is 12.1. The van der Waals surface area contributed by atoms with Crippen LogP contribution in [0.4, 0.5) is 11.4 Å². The van der Waals surface area contributed by atoms with E-state index in [1.165, 1.54) is 36.5 Å². The molecule has 5 N–H and O–H groups in total. The first-order valence-electron chi connectivity index (χ1n) is 6.91. The molecule has 2 rings (SSSR count). The molecule has 1 amide bonds. The summed E-state index contributed by atoms with van der Waals surface area (Å²) in [5.74, 6) is -1.61. The van der Waals surface area contributed by atoms with Crippen LogP contribution in [0.25, 0.3) is 0 Å². The van der Waals surface area contributed by atoms with E-state index in [0.29, 0.717) is 11.4 Å². The number of amides is 1. The molecule has 0 spiro atoms. The third-order valence-electron chi connectivity index (χ3n) is 2.98. The van der Waals surface area contributed by atoms with Crippen molar-refractivity contribution >= 4 is 28.8 Å². The van der Waals surface area contributed by atoms with Crippen LogP contribution in [0, 0.1) is 5.41 Å². The van der Waals surface area contributed by atoms with Crippen molar-refractivity contribution in [3.05, 3.63) is 60.8 Å². The highest BCUT2D eigenvalue weighted by atomic mass is 16.3. The molecular formula is C17H15N3O4. The molecular weight excluding hydrogens is 310 g/mol.